The molecule has 3 heterocycles. The van der Waals surface area contributed by atoms with Gasteiger partial charge >= 0.3 is 5.97 Å². The zero-order valence-electron chi connectivity index (χ0n) is 16.9. The van der Waals surface area contributed by atoms with Crippen molar-refractivity contribution < 1.29 is 14.3 Å². The average molecular weight is 466 g/mol. The molecule has 3 N–H and O–H groups in total. The number of nitrogen functional groups attached to an aromatic ring is 1. The number of nitrogens with one attached hydrogen (secondary N) is 1. The molecule has 0 unspecified atom stereocenters. The minimum absolute atomic E-state index is 0.0828. The zero-order valence-corrected chi connectivity index (χ0v) is 19.3. The second-order valence-electron chi connectivity index (χ2n) is 6.77. The first-order valence-corrected chi connectivity index (χ1v) is 12.1. The summed E-state index contributed by atoms with van der Waals surface area (Å²) in [4.78, 5) is 25.9. The molecule has 0 atom stereocenters. The highest BCUT2D eigenvalue weighted by Gasteiger charge is 2.22. The summed E-state index contributed by atoms with van der Waals surface area (Å²) in [6.07, 6.45) is 0.733. The monoisotopic (exact) mass is 465 g/mol. The van der Waals surface area contributed by atoms with E-state index in [4.69, 9.17) is 10.6 Å². The molecule has 3 aromatic rings. The van der Waals surface area contributed by atoms with Gasteiger partial charge in [-0.3, -0.25) is 4.79 Å². The summed E-state index contributed by atoms with van der Waals surface area (Å²) in [6.45, 7) is 6.19. The van der Waals surface area contributed by atoms with E-state index in [1.807, 2.05) is 22.9 Å². The number of ether oxygens (including phenoxy) is 1. The first-order chi connectivity index (χ1) is 14.4. The van der Waals surface area contributed by atoms with Crippen molar-refractivity contribution in [3.8, 4) is 10.7 Å². The average Bonchev–Trinajstić information content (AvgIpc) is 3.41. The molecule has 0 aliphatic carbocycles. The van der Waals surface area contributed by atoms with E-state index in [1.165, 1.54) is 39.1 Å². The van der Waals surface area contributed by atoms with Crippen LogP contribution in [0.4, 0.5) is 5.00 Å². The summed E-state index contributed by atoms with van der Waals surface area (Å²) < 4.78 is 6.56. The number of carbonyl (C=O) groups is 2. The molecular formula is C19H23N5O3S3. The molecule has 11 heteroatoms. The molecule has 3 aromatic heterocycles. The molecule has 0 aliphatic rings. The summed E-state index contributed by atoms with van der Waals surface area (Å²) in [5.74, 6) is 6.40. The topological polar surface area (TPSA) is 112 Å². The quantitative estimate of drug-likeness (QED) is 0.280. The zero-order chi connectivity index (χ0) is 21.7. The number of esters is 1. The van der Waals surface area contributed by atoms with Crippen LogP contribution in [0, 0.1) is 5.92 Å². The molecule has 160 valence electrons. The van der Waals surface area contributed by atoms with Crippen molar-refractivity contribution in [2.75, 3.05) is 23.5 Å². The van der Waals surface area contributed by atoms with E-state index >= 15 is 0 Å². The van der Waals surface area contributed by atoms with Gasteiger partial charge in [-0.15, -0.1) is 32.9 Å². The first-order valence-electron chi connectivity index (χ1n) is 9.35. The maximum atomic E-state index is 12.5. The smallest absolute Gasteiger partial charge is 0.341 e. The number of amides is 1. The minimum atomic E-state index is -0.417. The van der Waals surface area contributed by atoms with Crippen molar-refractivity contribution >= 4 is 51.3 Å². The van der Waals surface area contributed by atoms with Crippen molar-refractivity contribution in [1.29, 1.82) is 0 Å². The van der Waals surface area contributed by atoms with E-state index < -0.39 is 5.97 Å². The van der Waals surface area contributed by atoms with Crippen molar-refractivity contribution in [3.05, 3.63) is 34.0 Å². The van der Waals surface area contributed by atoms with Crippen LogP contribution in [0.5, 0.6) is 0 Å². The van der Waals surface area contributed by atoms with Crippen LogP contribution in [-0.2, 0) is 16.0 Å². The molecule has 8 nitrogen and oxygen atoms in total. The van der Waals surface area contributed by atoms with Gasteiger partial charge in [0.15, 0.2) is 5.82 Å². The van der Waals surface area contributed by atoms with Crippen LogP contribution in [0.15, 0.2) is 28.0 Å². The Bertz CT molecular complexity index is 1010. The van der Waals surface area contributed by atoms with E-state index in [0.717, 1.165) is 16.9 Å². The van der Waals surface area contributed by atoms with Gasteiger partial charge in [-0.25, -0.2) is 9.47 Å². The Morgan fingerprint density at radius 3 is 2.80 bits per heavy atom. The van der Waals surface area contributed by atoms with Gasteiger partial charge in [0.05, 0.1) is 22.8 Å². The Kier molecular flexibility index (Phi) is 7.51. The third-order valence-electron chi connectivity index (χ3n) is 3.97. The van der Waals surface area contributed by atoms with Gasteiger partial charge in [0, 0.05) is 0 Å². The van der Waals surface area contributed by atoms with Crippen molar-refractivity contribution in [2.45, 2.75) is 32.3 Å². The Hall–Kier alpha value is -2.37. The van der Waals surface area contributed by atoms with Crippen LogP contribution < -0.4 is 11.2 Å². The molecule has 0 bridgehead atoms. The summed E-state index contributed by atoms with van der Waals surface area (Å²) in [7, 11) is 0. The highest BCUT2D eigenvalue weighted by Crippen LogP contribution is 2.31. The van der Waals surface area contributed by atoms with Crippen molar-refractivity contribution in [1.82, 2.24) is 14.9 Å². The third-order valence-corrected chi connectivity index (χ3v) is 6.72. The lowest BCUT2D eigenvalue weighted by atomic mass is 10.0. The van der Waals surface area contributed by atoms with Crippen LogP contribution >= 0.6 is 34.4 Å². The summed E-state index contributed by atoms with van der Waals surface area (Å²) in [5.41, 5.74) is 1.33. The van der Waals surface area contributed by atoms with Gasteiger partial charge < -0.3 is 15.9 Å². The SMILES string of the molecule is CCOC(=O)c1c(CC(C)C)csc1NC(=O)CSc1nnc(-c2cccs2)n1N. The van der Waals surface area contributed by atoms with Crippen LogP contribution in [0.3, 0.4) is 0 Å². The third kappa shape index (κ3) is 5.21. The largest absolute Gasteiger partial charge is 0.462 e. The van der Waals surface area contributed by atoms with Crippen LogP contribution in [0.2, 0.25) is 0 Å². The van der Waals surface area contributed by atoms with Crippen LogP contribution in [-0.4, -0.2) is 39.1 Å². The van der Waals surface area contributed by atoms with E-state index in [1.54, 1.807) is 6.92 Å². The van der Waals surface area contributed by atoms with E-state index in [0.29, 0.717) is 27.5 Å². The van der Waals surface area contributed by atoms with Gasteiger partial charge in [0.25, 0.3) is 0 Å². The predicted octanol–water partition coefficient (Wildman–Crippen LogP) is 3.89. The number of hydrogen-bond donors (Lipinski definition) is 2. The molecule has 0 spiro atoms. The number of hydrogen-bond acceptors (Lipinski definition) is 9. The molecule has 3 rings (SSSR count). The van der Waals surface area contributed by atoms with Crippen LogP contribution in [0.1, 0.15) is 36.7 Å². The fourth-order valence-corrected chi connectivity index (χ4v) is 5.09. The van der Waals surface area contributed by atoms with E-state index in [9.17, 15) is 9.59 Å². The minimum Gasteiger partial charge on any atom is -0.462 e. The fraction of sp³-hybridized carbons (Fsp3) is 0.368. The highest BCUT2D eigenvalue weighted by molar-refractivity contribution is 7.99. The van der Waals surface area contributed by atoms with Gasteiger partial charge in [-0.05, 0) is 41.7 Å². The second-order valence-corrected chi connectivity index (χ2v) is 9.54. The molecular weight excluding hydrogens is 442 g/mol. The number of nitrogens with two attached hydrogens (primary N) is 1. The van der Waals surface area contributed by atoms with Gasteiger partial charge in [0.2, 0.25) is 11.1 Å². The lowest BCUT2D eigenvalue weighted by molar-refractivity contribution is -0.113. The maximum absolute atomic E-state index is 12.5. The number of rotatable bonds is 9. The van der Waals surface area contributed by atoms with Crippen molar-refractivity contribution in [2.24, 2.45) is 5.92 Å². The summed E-state index contributed by atoms with van der Waals surface area (Å²) in [6, 6.07) is 3.81. The fourth-order valence-electron chi connectivity index (χ4n) is 2.74. The van der Waals surface area contributed by atoms with Gasteiger partial charge in [0.1, 0.15) is 5.00 Å². The summed E-state index contributed by atoms with van der Waals surface area (Å²) in [5, 5.41) is 15.8. The molecule has 0 saturated heterocycles. The van der Waals surface area contributed by atoms with Crippen LogP contribution in [0.25, 0.3) is 10.7 Å². The molecule has 0 aliphatic heterocycles. The lowest BCUT2D eigenvalue weighted by Gasteiger charge is -2.09. The number of anilines is 1. The predicted molar refractivity (Wildman–Crippen MR) is 122 cm³/mol. The molecule has 1 amide bonds. The van der Waals surface area contributed by atoms with E-state index in [2.05, 4.69) is 29.4 Å². The number of carbonyl (C=O) groups excluding carboxylic acids is 2. The Morgan fingerprint density at radius 2 is 2.13 bits per heavy atom. The van der Waals surface area contributed by atoms with Gasteiger partial charge in [-0.2, -0.15) is 0 Å². The van der Waals surface area contributed by atoms with Crippen molar-refractivity contribution in [3.63, 3.8) is 0 Å². The maximum Gasteiger partial charge on any atom is 0.341 e. The number of thioether (sulfide) groups is 1. The number of thiophene rings is 2. The number of aromatic nitrogens is 3. The molecule has 0 fully saturated rings. The van der Waals surface area contributed by atoms with Gasteiger partial charge in [-0.1, -0.05) is 31.7 Å². The Labute approximate surface area is 186 Å². The lowest BCUT2D eigenvalue weighted by Crippen LogP contribution is -2.18. The first kappa shape index (κ1) is 22.3. The molecule has 0 aromatic carbocycles. The molecule has 30 heavy (non-hydrogen) atoms. The second kappa shape index (κ2) is 10.1. The standard InChI is InChI=1S/C19H23N5O3S3/c1-4-27-18(26)15-12(8-11(2)3)9-29-17(15)21-14(25)10-30-19-23-22-16(24(19)20)13-6-5-7-28-13/h5-7,9,11H,4,8,10,20H2,1-3H3,(H,21,25). The summed E-state index contributed by atoms with van der Waals surface area (Å²) >= 11 is 4.02. The Morgan fingerprint density at radius 1 is 1.33 bits per heavy atom. The number of nitrogens with zero attached hydrogens (tertiary/aromatic N) is 3. The Balaban J connectivity index is 1.68. The molecule has 0 saturated carbocycles. The highest BCUT2D eigenvalue weighted by atomic mass is 32.2. The molecule has 0 radical (unpaired) electrons. The normalized spacial score (nSPS) is 11.1. The van der Waals surface area contributed by atoms with E-state index in [-0.39, 0.29) is 18.3 Å².